The Balaban J connectivity index is 1.95. The first-order valence-electron chi connectivity index (χ1n) is 5.76. The molecule has 0 aliphatic carbocycles. The lowest BCUT2D eigenvalue weighted by atomic mass is 10.3. The Morgan fingerprint density at radius 3 is 2.89 bits per heavy atom. The van der Waals surface area contributed by atoms with Gasteiger partial charge in [-0.15, -0.1) is 0 Å². The van der Waals surface area contributed by atoms with Gasteiger partial charge in [-0.1, -0.05) is 0 Å². The Bertz CT molecular complexity index is 611. The molecule has 2 aromatic heterocycles. The largest absolute Gasteiger partial charge is 0.345 e. The first kappa shape index (κ1) is 11.8. The summed E-state index contributed by atoms with van der Waals surface area (Å²) in [5.74, 6) is 4.34. The maximum absolute atomic E-state index is 13.8. The van der Waals surface area contributed by atoms with Crippen LogP contribution >= 0.6 is 0 Å². The van der Waals surface area contributed by atoms with Gasteiger partial charge in [-0.3, -0.25) is 0 Å². The summed E-state index contributed by atoms with van der Waals surface area (Å²) in [7, 11) is 0. The number of halogens is 2. The number of pyridine rings is 1. The van der Waals surface area contributed by atoms with Gasteiger partial charge in [0.15, 0.2) is 23.3 Å². The second-order valence-corrected chi connectivity index (χ2v) is 4.23. The van der Waals surface area contributed by atoms with E-state index in [0.29, 0.717) is 19.6 Å². The predicted octanol–water partition coefficient (Wildman–Crippen LogP) is 0.862. The summed E-state index contributed by atoms with van der Waals surface area (Å²) in [6, 6.07) is 0.776. The van der Waals surface area contributed by atoms with E-state index in [9.17, 15) is 8.78 Å². The van der Waals surface area contributed by atoms with Crippen LogP contribution in [0.25, 0.3) is 0 Å². The van der Waals surface area contributed by atoms with E-state index in [1.54, 1.807) is 11.1 Å². The molecule has 0 amide bonds. The highest BCUT2D eigenvalue weighted by molar-refractivity contribution is 5.49. The minimum absolute atomic E-state index is 0.0728. The molecule has 3 heterocycles. The van der Waals surface area contributed by atoms with Crippen LogP contribution in [0.4, 0.5) is 20.4 Å². The molecule has 0 bridgehead atoms. The molecule has 0 aromatic carbocycles. The normalized spacial score (nSPS) is 14.4. The lowest BCUT2D eigenvalue weighted by molar-refractivity contribution is 0.529. The zero-order valence-electron chi connectivity index (χ0n) is 9.98. The Kier molecular flexibility index (Phi) is 2.79. The highest BCUT2D eigenvalue weighted by Gasteiger charge is 2.22. The topological polar surface area (TPSA) is 72.0 Å². The van der Waals surface area contributed by atoms with Crippen molar-refractivity contribution in [1.29, 1.82) is 0 Å². The highest BCUT2D eigenvalue weighted by Crippen LogP contribution is 2.24. The van der Waals surface area contributed by atoms with Crippen molar-refractivity contribution in [3.63, 3.8) is 0 Å². The average Bonchev–Trinajstić information content (AvgIpc) is 2.86. The Hall–Kier alpha value is -2.22. The summed E-state index contributed by atoms with van der Waals surface area (Å²) in [4.78, 5) is 9.76. The van der Waals surface area contributed by atoms with Gasteiger partial charge in [-0.25, -0.2) is 24.6 Å². The van der Waals surface area contributed by atoms with Crippen LogP contribution in [0.2, 0.25) is 0 Å². The number of aromatic nitrogens is 3. The Morgan fingerprint density at radius 2 is 2.11 bits per heavy atom. The molecule has 19 heavy (non-hydrogen) atoms. The summed E-state index contributed by atoms with van der Waals surface area (Å²) in [5, 5.41) is 0. The molecular formula is C11H12F2N6. The molecule has 2 aromatic rings. The van der Waals surface area contributed by atoms with Crippen LogP contribution in [0.5, 0.6) is 0 Å². The van der Waals surface area contributed by atoms with Crippen LogP contribution in [-0.2, 0) is 13.1 Å². The second kappa shape index (κ2) is 4.47. The molecule has 0 atom stereocenters. The van der Waals surface area contributed by atoms with Crippen molar-refractivity contribution in [3.05, 3.63) is 35.9 Å². The van der Waals surface area contributed by atoms with Crippen LogP contribution in [0.15, 0.2) is 18.5 Å². The van der Waals surface area contributed by atoms with E-state index >= 15 is 0 Å². The van der Waals surface area contributed by atoms with Crippen molar-refractivity contribution in [2.45, 2.75) is 13.1 Å². The third-order valence-corrected chi connectivity index (χ3v) is 3.09. The number of imidazole rings is 1. The number of fused-ring (bicyclic) bond motifs is 1. The zero-order chi connectivity index (χ0) is 13.4. The molecule has 1 aliphatic rings. The third-order valence-electron chi connectivity index (χ3n) is 3.09. The van der Waals surface area contributed by atoms with E-state index in [1.807, 2.05) is 10.8 Å². The summed E-state index contributed by atoms with van der Waals surface area (Å²) in [6.45, 7) is 1.68. The van der Waals surface area contributed by atoms with Gasteiger partial charge < -0.3 is 14.9 Å². The SMILES string of the molecule is NNc1nc(N2CCn3ccnc3C2)c(F)cc1F. The number of hydrogen-bond donors (Lipinski definition) is 2. The molecule has 0 saturated heterocycles. The third kappa shape index (κ3) is 1.99. The molecule has 0 spiro atoms. The quantitative estimate of drug-likeness (QED) is 0.623. The predicted molar refractivity (Wildman–Crippen MR) is 65.2 cm³/mol. The van der Waals surface area contributed by atoms with Crippen molar-refractivity contribution < 1.29 is 8.78 Å². The molecule has 8 heteroatoms. The van der Waals surface area contributed by atoms with Crippen LogP contribution < -0.4 is 16.2 Å². The van der Waals surface area contributed by atoms with Crippen LogP contribution in [0, 0.1) is 11.6 Å². The number of nitrogens with one attached hydrogen (secondary N) is 1. The minimum Gasteiger partial charge on any atom is -0.345 e. The molecule has 0 fully saturated rings. The number of hydrogen-bond acceptors (Lipinski definition) is 5. The number of nitrogens with two attached hydrogens (primary N) is 1. The fraction of sp³-hybridized carbons (Fsp3) is 0.273. The summed E-state index contributed by atoms with van der Waals surface area (Å²) in [5.41, 5.74) is 2.12. The van der Waals surface area contributed by atoms with Gasteiger partial charge >= 0.3 is 0 Å². The van der Waals surface area contributed by atoms with Gasteiger partial charge in [0.1, 0.15) is 5.82 Å². The molecule has 0 radical (unpaired) electrons. The molecule has 0 unspecified atom stereocenters. The van der Waals surface area contributed by atoms with Gasteiger partial charge in [0.05, 0.1) is 6.54 Å². The molecule has 3 N–H and O–H groups in total. The zero-order valence-corrected chi connectivity index (χ0v) is 9.98. The first-order chi connectivity index (χ1) is 9.19. The van der Waals surface area contributed by atoms with Crippen molar-refractivity contribution in [3.8, 4) is 0 Å². The summed E-state index contributed by atoms with van der Waals surface area (Å²) in [6.07, 6.45) is 3.56. The second-order valence-electron chi connectivity index (χ2n) is 4.23. The smallest absolute Gasteiger partial charge is 0.178 e. The van der Waals surface area contributed by atoms with Crippen LogP contribution in [0.3, 0.4) is 0 Å². The Labute approximate surface area is 107 Å². The average molecular weight is 266 g/mol. The van der Waals surface area contributed by atoms with Gasteiger partial charge in [-0.2, -0.15) is 0 Å². The fourth-order valence-electron chi connectivity index (χ4n) is 2.13. The van der Waals surface area contributed by atoms with Gasteiger partial charge in [0, 0.05) is 31.5 Å². The summed E-state index contributed by atoms with van der Waals surface area (Å²) < 4.78 is 29.1. The van der Waals surface area contributed by atoms with E-state index in [2.05, 4.69) is 15.4 Å². The van der Waals surface area contributed by atoms with E-state index in [1.165, 1.54) is 0 Å². The van der Waals surface area contributed by atoms with Crippen LogP contribution in [-0.4, -0.2) is 21.1 Å². The van der Waals surface area contributed by atoms with Crippen molar-refractivity contribution >= 4 is 11.6 Å². The highest BCUT2D eigenvalue weighted by atomic mass is 19.1. The number of rotatable bonds is 2. The van der Waals surface area contributed by atoms with Crippen molar-refractivity contribution in [2.24, 2.45) is 5.84 Å². The number of nitrogen functional groups attached to an aromatic ring is 1. The maximum atomic E-state index is 13.8. The van der Waals surface area contributed by atoms with E-state index in [0.717, 1.165) is 11.9 Å². The number of hydrazine groups is 1. The van der Waals surface area contributed by atoms with Crippen molar-refractivity contribution in [2.75, 3.05) is 16.9 Å². The first-order valence-corrected chi connectivity index (χ1v) is 5.76. The lowest BCUT2D eigenvalue weighted by Gasteiger charge is -2.29. The number of nitrogens with zero attached hydrogens (tertiary/aromatic N) is 4. The minimum atomic E-state index is -0.817. The van der Waals surface area contributed by atoms with Crippen molar-refractivity contribution in [1.82, 2.24) is 14.5 Å². The standard InChI is InChI=1S/C11H12F2N6/c12-7-5-8(13)11(16-10(7)17-14)19-4-3-18-2-1-15-9(18)6-19/h1-2,5H,3-4,6,14H2,(H,16,17). The molecule has 3 rings (SSSR count). The van der Waals surface area contributed by atoms with E-state index in [4.69, 9.17) is 5.84 Å². The number of anilines is 2. The van der Waals surface area contributed by atoms with Gasteiger partial charge in [0.25, 0.3) is 0 Å². The van der Waals surface area contributed by atoms with Gasteiger partial charge in [-0.05, 0) is 0 Å². The van der Waals surface area contributed by atoms with E-state index < -0.39 is 11.6 Å². The maximum Gasteiger partial charge on any atom is 0.178 e. The van der Waals surface area contributed by atoms with Gasteiger partial charge in [0.2, 0.25) is 0 Å². The van der Waals surface area contributed by atoms with Crippen LogP contribution in [0.1, 0.15) is 5.82 Å². The molecule has 6 nitrogen and oxygen atoms in total. The fourth-order valence-corrected chi connectivity index (χ4v) is 2.13. The Morgan fingerprint density at radius 1 is 1.26 bits per heavy atom. The molecule has 0 saturated carbocycles. The lowest BCUT2D eigenvalue weighted by Crippen LogP contribution is -2.35. The van der Waals surface area contributed by atoms with E-state index in [-0.39, 0.29) is 11.6 Å². The molecular weight excluding hydrogens is 254 g/mol. The molecule has 1 aliphatic heterocycles. The monoisotopic (exact) mass is 266 g/mol. The molecule has 100 valence electrons. The summed E-state index contributed by atoms with van der Waals surface area (Å²) >= 11 is 0.